The monoisotopic (exact) mass is 451 g/mol. The third-order valence-electron chi connectivity index (χ3n) is 6.45. The van der Waals surface area contributed by atoms with Crippen molar-refractivity contribution in [1.29, 1.82) is 0 Å². The standard InChI is InChI=1S/C28H29N5O/c1-18-30-23-16-22(7-9-25(23)32(18)5)31-27(34)26-15-20-14-21(28(2,3)4)6-8-24(20)33(26)17-19-10-12-29-13-11-19/h6-16H,17H2,1-5H3,(H,31,34). The van der Waals surface area contributed by atoms with Crippen LogP contribution in [-0.2, 0) is 19.0 Å². The number of amides is 1. The molecule has 1 amide bonds. The molecule has 0 spiro atoms. The van der Waals surface area contributed by atoms with Crippen molar-refractivity contribution in [2.24, 2.45) is 7.05 Å². The molecular formula is C28H29N5O. The molecule has 0 radical (unpaired) electrons. The first-order valence-corrected chi connectivity index (χ1v) is 11.5. The van der Waals surface area contributed by atoms with E-state index >= 15 is 0 Å². The summed E-state index contributed by atoms with van der Waals surface area (Å²) in [5.74, 6) is 0.792. The van der Waals surface area contributed by atoms with Crippen LogP contribution >= 0.6 is 0 Å². The van der Waals surface area contributed by atoms with Crippen molar-refractivity contribution in [2.75, 3.05) is 5.32 Å². The third-order valence-corrected chi connectivity index (χ3v) is 6.45. The maximum Gasteiger partial charge on any atom is 0.272 e. The average Bonchev–Trinajstić information content (AvgIpc) is 3.30. The summed E-state index contributed by atoms with van der Waals surface area (Å²) in [5.41, 5.74) is 6.64. The molecule has 6 nitrogen and oxygen atoms in total. The Labute approximate surface area is 199 Å². The number of anilines is 1. The van der Waals surface area contributed by atoms with Gasteiger partial charge in [0.2, 0.25) is 0 Å². The molecule has 5 rings (SSSR count). The first kappa shape index (κ1) is 21.9. The van der Waals surface area contributed by atoms with Gasteiger partial charge in [-0.05, 0) is 72.0 Å². The van der Waals surface area contributed by atoms with Gasteiger partial charge >= 0.3 is 0 Å². The molecule has 2 aromatic carbocycles. The quantitative estimate of drug-likeness (QED) is 0.374. The lowest BCUT2D eigenvalue weighted by atomic mass is 9.86. The molecule has 6 heteroatoms. The lowest BCUT2D eigenvalue weighted by Crippen LogP contribution is -2.17. The second-order valence-corrected chi connectivity index (χ2v) is 9.87. The number of aromatic nitrogens is 4. The van der Waals surface area contributed by atoms with E-state index in [1.807, 2.05) is 54.9 Å². The normalized spacial score (nSPS) is 11.9. The lowest BCUT2D eigenvalue weighted by Gasteiger charge is -2.19. The van der Waals surface area contributed by atoms with E-state index < -0.39 is 0 Å². The highest BCUT2D eigenvalue weighted by atomic mass is 16.1. The van der Waals surface area contributed by atoms with Crippen molar-refractivity contribution in [1.82, 2.24) is 19.1 Å². The van der Waals surface area contributed by atoms with Gasteiger partial charge in [-0.1, -0.05) is 26.8 Å². The summed E-state index contributed by atoms with van der Waals surface area (Å²) in [4.78, 5) is 22.2. The molecular weight excluding hydrogens is 422 g/mol. The summed E-state index contributed by atoms with van der Waals surface area (Å²) in [7, 11) is 1.99. The van der Waals surface area contributed by atoms with E-state index in [9.17, 15) is 4.79 Å². The molecule has 0 aliphatic heterocycles. The molecule has 1 N–H and O–H groups in total. The minimum absolute atomic E-state index is 0.0278. The predicted octanol–water partition coefficient (Wildman–Crippen LogP) is 5.83. The molecule has 0 bridgehead atoms. The van der Waals surface area contributed by atoms with E-state index in [1.54, 1.807) is 12.4 Å². The number of carbonyl (C=O) groups is 1. The number of nitrogens with one attached hydrogen (secondary N) is 1. The van der Waals surface area contributed by atoms with Gasteiger partial charge in [-0.2, -0.15) is 0 Å². The number of benzene rings is 2. The van der Waals surface area contributed by atoms with Gasteiger partial charge < -0.3 is 14.5 Å². The number of aryl methyl sites for hydroxylation is 2. The van der Waals surface area contributed by atoms with Crippen molar-refractivity contribution in [3.05, 3.63) is 89.6 Å². The first-order valence-electron chi connectivity index (χ1n) is 11.5. The summed E-state index contributed by atoms with van der Waals surface area (Å²) in [6.45, 7) is 9.16. The van der Waals surface area contributed by atoms with Crippen LogP contribution in [0.3, 0.4) is 0 Å². The van der Waals surface area contributed by atoms with E-state index in [0.717, 1.165) is 39.0 Å². The average molecular weight is 452 g/mol. The van der Waals surface area contributed by atoms with Crippen LogP contribution in [0.1, 0.15) is 48.2 Å². The van der Waals surface area contributed by atoms with Crippen molar-refractivity contribution in [3.63, 3.8) is 0 Å². The fourth-order valence-electron chi connectivity index (χ4n) is 4.36. The van der Waals surface area contributed by atoms with Crippen LogP contribution in [0.15, 0.2) is 67.0 Å². The molecule has 0 saturated heterocycles. The van der Waals surface area contributed by atoms with Crippen LogP contribution in [0.4, 0.5) is 5.69 Å². The second-order valence-electron chi connectivity index (χ2n) is 9.87. The smallest absolute Gasteiger partial charge is 0.272 e. The van der Waals surface area contributed by atoms with Crippen molar-refractivity contribution in [3.8, 4) is 0 Å². The summed E-state index contributed by atoms with van der Waals surface area (Å²) >= 11 is 0. The number of pyridine rings is 1. The zero-order valence-corrected chi connectivity index (χ0v) is 20.3. The van der Waals surface area contributed by atoms with Crippen molar-refractivity contribution >= 4 is 33.5 Å². The van der Waals surface area contributed by atoms with E-state index in [4.69, 9.17) is 0 Å². The Morgan fingerprint density at radius 3 is 2.44 bits per heavy atom. The molecule has 0 saturated carbocycles. The molecule has 0 aliphatic carbocycles. The number of fused-ring (bicyclic) bond motifs is 2. The minimum atomic E-state index is -0.144. The van der Waals surface area contributed by atoms with E-state index in [2.05, 4.69) is 58.8 Å². The van der Waals surface area contributed by atoms with Gasteiger partial charge in [0, 0.05) is 42.6 Å². The van der Waals surface area contributed by atoms with Gasteiger partial charge in [0.05, 0.1) is 11.0 Å². The number of nitrogens with zero attached hydrogens (tertiary/aromatic N) is 4. The largest absolute Gasteiger partial charge is 0.332 e. The highest BCUT2D eigenvalue weighted by Gasteiger charge is 2.20. The van der Waals surface area contributed by atoms with Crippen LogP contribution in [0.5, 0.6) is 0 Å². The molecule has 172 valence electrons. The Morgan fingerprint density at radius 2 is 1.71 bits per heavy atom. The molecule has 0 unspecified atom stereocenters. The maximum absolute atomic E-state index is 13.5. The van der Waals surface area contributed by atoms with Crippen molar-refractivity contribution in [2.45, 2.75) is 39.7 Å². The van der Waals surface area contributed by atoms with E-state index in [0.29, 0.717) is 12.2 Å². The van der Waals surface area contributed by atoms with Crippen LogP contribution in [0, 0.1) is 6.92 Å². The van der Waals surface area contributed by atoms with Gasteiger partial charge in [-0.3, -0.25) is 9.78 Å². The zero-order valence-electron chi connectivity index (χ0n) is 20.3. The van der Waals surface area contributed by atoms with Crippen LogP contribution in [-0.4, -0.2) is 25.0 Å². The fraction of sp³-hybridized carbons (Fsp3) is 0.250. The summed E-state index contributed by atoms with van der Waals surface area (Å²) in [5, 5.41) is 4.15. The first-order chi connectivity index (χ1) is 16.2. The Balaban J connectivity index is 1.56. The fourth-order valence-corrected chi connectivity index (χ4v) is 4.36. The topological polar surface area (TPSA) is 64.7 Å². The molecule has 3 heterocycles. The lowest BCUT2D eigenvalue weighted by molar-refractivity contribution is 0.101. The number of rotatable bonds is 4. The number of imidazole rings is 1. The number of hydrogen-bond acceptors (Lipinski definition) is 3. The number of hydrogen-bond donors (Lipinski definition) is 1. The Morgan fingerprint density at radius 1 is 0.971 bits per heavy atom. The minimum Gasteiger partial charge on any atom is -0.332 e. The summed E-state index contributed by atoms with van der Waals surface area (Å²) in [6, 6.07) is 18.3. The maximum atomic E-state index is 13.5. The molecule has 0 fully saturated rings. The van der Waals surface area contributed by atoms with Gasteiger partial charge in [-0.25, -0.2) is 4.98 Å². The Bertz CT molecular complexity index is 1520. The Kier molecular flexibility index (Phi) is 5.24. The van der Waals surface area contributed by atoms with Gasteiger partial charge in [0.1, 0.15) is 11.5 Å². The predicted molar refractivity (Wildman–Crippen MR) is 137 cm³/mol. The zero-order chi connectivity index (χ0) is 24.0. The SMILES string of the molecule is Cc1nc2cc(NC(=O)c3cc4cc(C(C)(C)C)ccc4n3Cc3ccncc3)ccc2n1C. The summed E-state index contributed by atoms with van der Waals surface area (Å²) in [6.07, 6.45) is 3.56. The Hall–Kier alpha value is -3.93. The van der Waals surface area contributed by atoms with E-state index in [-0.39, 0.29) is 11.3 Å². The van der Waals surface area contributed by atoms with Crippen LogP contribution in [0.2, 0.25) is 0 Å². The molecule has 3 aromatic heterocycles. The van der Waals surface area contributed by atoms with E-state index in [1.165, 1.54) is 5.56 Å². The van der Waals surface area contributed by atoms with Crippen LogP contribution < -0.4 is 5.32 Å². The second kappa shape index (κ2) is 8.13. The van der Waals surface area contributed by atoms with Gasteiger partial charge in [0.25, 0.3) is 5.91 Å². The highest BCUT2D eigenvalue weighted by Crippen LogP contribution is 2.29. The van der Waals surface area contributed by atoms with Gasteiger partial charge in [-0.15, -0.1) is 0 Å². The van der Waals surface area contributed by atoms with Crippen LogP contribution in [0.25, 0.3) is 21.9 Å². The third kappa shape index (κ3) is 3.96. The highest BCUT2D eigenvalue weighted by molar-refractivity contribution is 6.07. The molecule has 0 aliphatic rings. The van der Waals surface area contributed by atoms with Crippen molar-refractivity contribution < 1.29 is 4.79 Å². The molecule has 0 atom stereocenters. The molecule has 34 heavy (non-hydrogen) atoms. The number of carbonyl (C=O) groups excluding carboxylic acids is 1. The molecule has 5 aromatic rings. The van der Waals surface area contributed by atoms with Gasteiger partial charge in [0.15, 0.2) is 0 Å². The summed E-state index contributed by atoms with van der Waals surface area (Å²) < 4.78 is 4.12.